The molecule has 0 unspecified atom stereocenters. The van der Waals surface area contributed by atoms with Crippen molar-refractivity contribution in [3.8, 4) is 11.6 Å². The Morgan fingerprint density at radius 3 is 2.67 bits per heavy atom. The van der Waals surface area contributed by atoms with Gasteiger partial charge < -0.3 is 9.72 Å². The highest BCUT2D eigenvalue weighted by molar-refractivity contribution is 7.71. The Morgan fingerprint density at radius 2 is 2.00 bits per heavy atom. The molecule has 21 heavy (non-hydrogen) atoms. The first-order valence-electron chi connectivity index (χ1n) is 6.83. The molecular weight excluding hydrogens is 284 g/mol. The molecule has 1 N–H and O–H groups in total. The van der Waals surface area contributed by atoms with Crippen LogP contribution in [-0.2, 0) is 6.42 Å². The van der Waals surface area contributed by atoms with Crippen LogP contribution in [0.3, 0.4) is 0 Å². The van der Waals surface area contributed by atoms with Gasteiger partial charge in [0.2, 0.25) is 5.88 Å². The molecule has 1 aromatic carbocycles. The van der Waals surface area contributed by atoms with E-state index in [1.807, 2.05) is 4.57 Å². The first kappa shape index (κ1) is 13.8. The highest BCUT2D eigenvalue weighted by Gasteiger charge is 2.12. The topological polar surface area (TPSA) is 55.7 Å². The van der Waals surface area contributed by atoms with Gasteiger partial charge in [-0.05, 0) is 36.3 Å². The van der Waals surface area contributed by atoms with E-state index in [0.717, 1.165) is 24.2 Å². The summed E-state index contributed by atoms with van der Waals surface area (Å²) in [6, 6.07) is 8.36. The van der Waals surface area contributed by atoms with Crippen LogP contribution in [0.4, 0.5) is 0 Å². The molecule has 3 aromatic rings. The van der Waals surface area contributed by atoms with Crippen LogP contribution in [0.25, 0.3) is 16.9 Å². The van der Waals surface area contributed by atoms with Gasteiger partial charge in [0, 0.05) is 5.69 Å². The van der Waals surface area contributed by atoms with Crippen molar-refractivity contribution in [1.29, 1.82) is 0 Å². The van der Waals surface area contributed by atoms with E-state index in [4.69, 9.17) is 17.0 Å². The molecule has 3 rings (SSSR count). The van der Waals surface area contributed by atoms with E-state index in [2.05, 4.69) is 46.1 Å². The molecule has 0 fully saturated rings. The van der Waals surface area contributed by atoms with Gasteiger partial charge in [0.25, 0.3) is 0 Å². The van der Waals surface area contributed by atoms with Crippen LogP contribution in [0.2, 0.25) is 0 Å². The van der Waals surface area contributed by atoms with Crippen molar-refractivity contribution in [2.75, 3.05) is 7.11 Å². The van der Waals surface area contributed by atoms with E-state index in [-0.39, 0.29) is 0 Å². The van der Waals surface area contributed by atoms with Gasteiger partial charge in [-0.2, -0.15) is 4.98 Å². The lowest BCUT2D eigenvalue weighted by Crippen LogP contribution is -1.97. The summed E-state index contributed by atoms with van der Waals surface area (Å²) in [5.74, 6) is 0.493. The van der Waals surface area contributed by atoms with Crippen molar-refractivity contribution in [3.05, 3.63) is 40.9 Å². The summed E-state index contributed by atoms with van der Waals surface area (Å²) in [6.45, 7) is 2.17. The lowest BCUT2D eigenvalue weighted by molar-refractivity contribution is 0.401. The summed E-state index contributed by atoms with van der Waals surface area (Å²) in [5.41, 5.74) is 3.73. The van der Waals surface area contributed by atoms with Gasteiger partial charge in [0.05, 0.1) is 7.11 Å². The molecule has 0 aliphatic carbocycles. The first-order chi connectivity index (χ1) is 10.2. The second-order valence-corrected chi connectivity index (χ2v) is 5.15. The number of nitrogens with zero attached hydrogens (tertiary/aromatic N) is 3. The van der Waals surface area contributed by atoms with Gasteiger partial charge in [-0.1, -0.05) is 25.5 Å². The second-order valence-electron chi connectivity index (χ2n) is 4.76. The number of aromatic amines is 1. The first-order valence-corrected chi connectivity index (χ1v) is 7.24. The van der Waals surface area contributed by atoms with Crippen molar-refractivity contribution in [3.63, 3.8) is 0 Å². The number of H-pyrrole nitrogens is 1. The molecule has 0 saturated heterocycles. The predicted octanol–water partition coefficient (Wildman–Crippen LogP) is 3.44. The number of hydrogen-bond donors (Lipinski definition) is 1. The minimum Gasteiger partial charge on any atom is -0.479 e. The van der Waals surface area contributed by atoms with Gasteiger partial charge >= 0.3 is 0 Å². The van der Waals surface area contributed by atoms with Crippen molar-refractivity contribution in [2.24, 2.45) is 0 Å². The molecule has 108 valence electrons. The number of aryl methyl sites for hydroxylation is 1. The minimum atomic E-state index is 0.493. The molecule has 0 spiro atoms. The average Bonchev–Trinajstić information content (AvgIpc) is 2.84. The van der Waals surface area contributed by atoms with Crippen LogP contribution in [0.15, 0.2) is 30.6 Å². The molecule has 5 nitrogen and oxygen atoms in total. The molecule has 0 amide bonds. The van der Waals surface area contributed by atoms with Crippen molar-refractivity contribution in [1.82, 2.24) is 19.5 Å². The Balaban J connectivity index is 2.16. The quantitative estimate of drug-likeness (QED) is 0.750. The molecule has 0 bridgehead atoms. The maximum Gasteiger partial charge on any atom is 0.242 e. The third-order valence-electron chi connectivity index (χ3n) is 3.37. The number of methoxy groups -OCH3 is 1. The second kappa shape index (κ2) is 5.65. The number of rotatable bonds is 4. The number of fused-ring (bicyclic) bond motifs is 1. The highest BCUT2D eigenvalue weighted by Crippen LogP contribution is 2.23. The van der Waals surface area contributed by atoms with E-state index in [0.29, 0.717) is 16.2 Å². The SMILES string of the molecule is CCCc1ccc(-n2c(=S)[nH]c3c(OC)ncnc32)cc1. The zero-order valence-electron chi connectivity index (χ0n) is 12.0. The molecule has 0 aliphatic heterocycles. The minimum absolute atomic E-state index is 0.493. The zero-order chi connectivity index (χ0) is 14.8. The Bertz CT molecular complexity index is 820. The van der Waals surface area contributed by atoms with Gasteiger partial charge in [0.15, 0.2) is 10.4 Å². The van der Waals surface area contributed by atoms with Gasteiger partial charge in [-0.25, -0.2) is 4.98 Å². The van der Waals surface area contributed by atoms with Gasteiger partial charge in [0.1, 0.15) is 11.8 Å². The number of benzene rings is 1. The molecule has 0 atom stereocenters. The van der Waals surface area contributed by atoms with Crippen molar-refractivity contribution in [2.45, 2.75) is 19.8 Å². The summed E-state index contributed by atoms with van der Waals surface area (Å²) in [6.07, 6.45) is 3.69. The molecule has 2 heterocycles. The largest absolute Gasteiger partial charge is 0.479 e. The van der Waals surface area contributed by atoms with Gasteiger partial charge in [-0.3, -0.25) is 4.57 Å². The summed E-state index contributed by atoms with van der Waals surface area (Å²) >= 11 is 5.41. The average molecular weight is 300 g/mol. The Morgan fingerprint density at radius 1 is 1.24 bits per heavy atom. The fraction of sp³-hybridized carbons (Fsp3) is 0.267. The Hall–Kier alpha value is -2.21. The monoisotopic (exact) mass is 300 g/mol. The lowest BCUT2D eigenvalue weighted by Gasteiger charge is -2.06. The van der Waals surface area contributed by atoms with Crippen molar-refractivity contribution >= 4 is 23.4 Å². The van der Waals surface area contributed by atoms with E-state index in [9.17, 15) is 0 Å². The zero-order valence-corrected chi connectivity index (χ0v) is 12.8. The standard InChI is InChI=1S/C15H16N4OS/c1-3-4-10-5-7-11(8-6-10)19-13-12(18-15(19)21)14(20-2)17-9-16-13/h5-9H,3-4H2,1-2H3,(H,18,21). The molecule has 0 saturated carbocycles. The fourth-order valence-corrected chi connectivity index (χ4v) is 2.69. The van der Waals surface area contributed by atoms with Crippen LogP contribution < -0.4 is 4.74 Å². The molecule has 0 radical (unpaired) electrons. The van der Waals surface area contributed by atoms with Crippen LogP contribution in [0, 0.1) is 4.77 Å². The number of ether oxygens (including phenoxy) is 1. The van der Waals surface area contributed by atoms with Gasteiger partial charge in [-0.15, -0.1) is 0 Å². The summed E-state index contributed by atoms with van der Waals surface area (Å²) in [7, 11) is 1.58. The maximum absolute atomic E-state index is 5.41. The number of aromatic nitrogens is 4. The summed E-state index contributed by atoms with van der Waals surface area (Å²) in [5, 5.41) is 0. The number of nitrogens with one attached hydrogen (secondary N) is 1. The molecule has 6 heteroatoms. The van der Waals surface area contributed by atoms with E-state index in [1.165, 1.54) is 11.9 Å². The molecular formula is C15H16N4OS. The predicted molar refractivity (Wildman–Crippen MR) is 84.6 cm³/mol. The van der Waals surface area contributed by atoms with E-state index in [1.54, 1.807) is 7.11 Å². The smallest absolute Gasteiger partial charge is 0.242 e. The van der Waals surface area contributed by atoms with Crippen LogP contribution in [0.5, 0.6) is 5.88 Å². The molecule has 2 aromatic heterocycles. The van der Waals surface area contributed by atoms with Crippen LogP contribution >= 0.6 is 12.2 Å². The maximum atomic E-state index is 5.41. The highest BCUT2D eigenvalue weighted by atomic mass is 32.1. The lowest BCUT2D eigenvalue weighted by atomic mass is 10.1. The normalized spacial score (nSPS) is 11.0. The summed E-state index contributed by atoms with van der Waals surface area (Å²) < 4.78 is 7.71. The molecule has 0 aliphatic rings. The van der Waals surface area contributed by atoms with Crippen LogP contribution in [0.1, 0.15) is 18.9 Å². The van der Waals surface area contributed by atoms with E-state index >= 15 is 0 Å². The summed E-state index contributed by atoms with van der Waals surface area (Å²) in [4.78, 5) is 11.5. The van der Waals surface area contributed by atoms with E-state index < -0.39 is 0 Å². The Labute approximate surface area is 127 Å². The van der Waals surface area contributed by atoms with Crippen LogP contribution in [-0.4, -0.2) is 26.6 Å². The third kappa shape index (κ3) is 2.42. The van der Waals surface area contributed by atoms with Crippen molar-refractivity contribution < 1.29 is 4.74 Å². The third-order valence-corrected chi connectivity index (χ3v) is 3.65. The number of imidazole rings is 1. The fourth-order valence-electron chi connectivity index (χ4n) is 2.39. The number of hydrogen-bond acceptors (Lipinski definition) is 4. The Kier molecular flexibility index (Phi) is 3.70.